The van der Waals surface area contributed by atoms with Crippen molar-refractivity contribution in [3.05, 3.63) is 72.3 Å². The van der Waals surface area contributed by atoms with Crippen molar-refractivity contribution in [2.45, 2.75) is 24.9 Å². The molecule has 2 aromatic carbocycles. The van der Waals surface area contributed by atoms with Gasteiger partial charge in [-0.25, -0.2) is 14.8 Å². The van der Waals surface area contributed by atoms with Gasteiger partial charge in [0.1, 0.15) is 11.4 Å². The smallest absolute Gasteiger partial charge is 0.321 e. The minimum atomic E-state index is -0.275. The van der Waals surface area contributed by atoms with E-state index in [4.69, 9.17) is 9.47 Å². The summed E-state index contributed by atoms with van der Waals surface area (Å²) in [6.07, 6.45) is 5.55. The average Bonchev–Trinajstić information content (AvgIpc) is 3.31. The topological polar surface area (TPSA) is 96.9 Å². The van der Waals surface area contributed by atoms with Crippen molar-refractivity contribution in [2.24, 2.45) is 0 Å². The van der Waals surface area contributed by atoms with E-state index < -0.39 is 0 Å². The number of likely N-dealkylation sites (tertiary alicyclic amines) is 1. The molecule has 1 N–H and O–H groups in total. The average molecular weight is 500 g/mol. The lowest BCUT2D eigenvalue weighted by atomic mass is 9.86. The zero-order valence-electron chi connectivity index (χ0n) is 20.6. The number of morpholine rings is 1. The molecular weight excluding hydrogens is 470 g/mol. The van der Waals surface area contributed by atoms with Gasteiger partial charge in [0.05, 0.1) is 13.2 Å². The molecule has 37 heavy (non-hydrogen) atoms. The summed E-state index contributed by atoms with van der Waals surface area (Å²) in [6, 6.07) is 15.8. The second-order valence-electron chi connectivity index (χ2n) is 9.76. The summed E-state index contributed by atoms with van der Waals surface area (Å²) in [5.41, 5.74) is 3.87. The monoisotopic (exact) mass is 499 g/mol. The highest BCUT2D eigenvalue weighted by Gasteiger charge is 2.43. The molecule has 3 aliphatic rings. The Bertz CT molecular complexity index is 1280. The third-order valence-corrected chi connectivity index (χ3v) is 7.39. The molecule has 3 aromatic rings. The fraction of sp³-hybridized carbons (Fsp3) is 0.357. The third-order valence-electron chi connectivity index (χ3n) is 7.39. The Labute approximate surface area is 215 Å². The number of anilines is 1. The molecule has 9 heteroatoms. The van der Waals surface area contributed by atoms with E-state index in [1.807, 2.05) is 35.2 Å². The van der Waals surface area contributed by atoms with E-state index in [1.165, 1.54) is 5.56 Å². The Morgan fingerprint density at radius 2 is 1.57 bits per heavy atom. The van der Waals surface area contributed by atoms with Crippen molar-refractivity contribution >= 4 is 17.6 Å². The molecule has 0 saturated carbocycles. The number of ether oxygens (including phenoxy) is 2. The lowest BCUT2D eigenvalue weighted by molar-refractivity contribution is 0.0183. The lowest BCUT2D eigenvalue weighted by Gasteiger charge is -2.38. The van der Waals surface area contributed by atoms with Gasteiger partial charge in [0.25, 0.3) is 5.91 Å². The van der Waals surface area contributed by atoms with Gasteiger partial charge < -0.3 is 24.6 Å². The molecule has 4 heterocycles. The fourth-order valence-electron chi connectivity index (χ4n) is 5.28. The molecule has 1 spiro atoms. The number of fused-ring (bicyclic) bond motifs is 1. The van der Waals surface area contributed by atoms with E-state index in [-0.39, 0.29) is 23.4 Å². The number of piperidine rings is 1. The SMILES string of the molecule is O=C(Nc1ccc(-c2ccc3c(c2)CC2(CCN(C(=O)c4ncccn4)CC2)O3)cc1)N1CCOCC1. The number of benzene rings is 2. The second-order valence-corrected chi connectivity index (χ2v) is 9.76. The summed E-state index contributed by atoms with van der Waals surface area (Å²) in [7, 11) is 0. The van der Waals surface area contributed by atoms with Crippen LogP contribution in [0.15, 0.2) is 60.9 Å². The Morgan fingerprint density at radius 1 is 0.865 bits per heavy atom. The van der Waals surface area contributed by atoms with Crippen LogP contribution in [0.2, 0.25) is 0 Å². The van der Waals surface area contributed by atoms with E-state index in [2.05, 4.69) is 27.4 Å². The van der Waals surface area contributed by atoms with Crippen LogP contribution in [-0.2, 0) is 11.2 Å². The van der Waals surface area contributed by atoms with E-state index in [0.717, 1.165) is 41.8 Å². The standard InChI is InChI=1S/C28H29N5O4/c34-26(25-29-10-1-11-30-25)32-12-8-28(9-13-32)19-22-18-21(4-7-24(22)37-28)20-2-5-23(6-3-20)31-27(35)33-14-16-36-17-15-33/h1-7,10-11,18H,8-9,12-17,19H2,(H,31,35). The number of hydrogen-bond donors (Lipinski definition) is 1. The number of hydrogen-bond acceptors (Lipinski definition) is 6. The van der Waals surface area contributed by atoms with Crippen LogP contribution < -0.4 is 10.1 Å². The van der Waals surface area contributed by atoms with Crippen LogP contribution in [0, 0.1) is 0 Å². The molecule has 3 amide bonds. The first-order valence-electron chi connectivity index (χ1n) is 12.7. The Morgan fingerprint density at radius 3 is 2.30 bits per heavy atom. The molecule has 0 unspecified atom stereocenters. The minimum Gasteiger partial charge on any atom is -0.487 e. The largest absolute Gasteiger partial charge is 0.487 e. The lowest BCUT2D eigenvalue weighted by Crippen LogP contribution is -2.49. The zero-order valence-corrected chi connectivity index (χ0v) is 20.6. The van der Waals surface area contributed by atoms with Crippen LogP contribution in [0.5, 0.6) is 5.75 Å². The predicted octanol–water partition coefficient (Wildman–Crippen LogP) is 3.62. The normalized spacial score (nSPS) is 18.3. The summed E-state index contributed by atoms with van der Waals surface area (Å²) < 4.78 is 11.8. The van der Waals surface area contributed by atoms with Gasteiger partial charge in [0, 0.05) is 63.5 Å². The van der Waals surface area contributed by atoms with Gasteiger partial charge in [-0.1, -0.05) is 18.2 Å². The van der Waals surface area contributed by atoms with Crippen LogP contribution in [0.1, 0.15) is 29.0 Å². The van der Waals surface area contributed by atoms with Gasteiger partial charge in [-0.3, -0.25) is 4.79 Å². The summed E-state index contributed by atoms with van der Waals surface area (Å²) in [4.78, 5) is 36.9. The molecule has 190 valence electrons. The molecule has 2 fully saturated rings. The first-order valence-corrected chi connectivity index (χ1v) is 12.7. The predicted molar refractivity (Wildman–Crippen MR) is 138 cm³/mol. The molecule has 3 aliphatic heterocycles. The van der Waals surface area contributed by atoms with E-state index in [9.17, 15) is 9.59 Å². The maximum absolute atomic E-state index is 12.7. The van der Waals surface area contributed by atoms with E-state index >= 15 is 0 Å². The summed E-state index contributed by atoms with van der Waals surface area (Å²) in [5.74, 6) is 1.03. The van der Waals surface area contributed by atoms with E-state index in [1.54, 1.807) is 23.4 Å². The summed E-state index contributed by atoms with van der Waals surface area (Å²) in [6.45, 7) is 3.62. The fourth-order valence-corrected chi connectivity index (χ4v) is 5.28. The highest BCUT2D eigenvalue weighted by Crippen LogP contribution is 2.42. The van der Waals surface area contributed by atoms with Gasteiger partial charge in [-0.15, -0.1) is 0 Å². The molecule has 0 aliphatic carbocycles. The third kappa shape index (κ3) is 4.86. The molecule has 0 bridgehead atoms. The first-order chi connectivity index (χ1) is 18.1. The highest BCUT2D eigenvalue weighted by atomic mass is 16.5. The van der Waals surface area contributed by atoms with Crippen LogP contribution >= 0.6 is 0 Å². The van der Waals surface area contributed by atoms with Crippen molar-refractivity contribution in [3.8, 4) is 16.9 Å². The maximum Gasteiger partial charge on any atom is 0.321 e. The van der Waals surface area contributed by atoms with Crippen molar-refractivity contribution in [1.82, 2.24) is 19.8 Å². The van der Waals surface area contributed by atoms with Crippen LogP contribution in [0.4, 0.5) is 10.5 Å². The Kier molecular flexibility index (Phi) is 6.21. The van der Waals surface area contributed by atoms with Gasteiger partial charge in [0.2, 0.25) is 5.82 Å². The molecule has 0 atom stereocenters. The van der Waals surface area contributed by atoms with Crippen LogP contribution in [0.3, 0.4) is 0 Å². The van der Waals surface area contributed by atoms with Gasteiger partial charge in [-0.05, 0) is 47.0 Å². The second kappa shape index (κ2) is 9.82. The number of nitrogens with zero attached hydrogens (tertiary/aromatic N) is 4. The molecular formula is C28H29N5O4. The molecule has 1 aromatic heterocycles. The number of aromatic nitrogens is 2. The maximum atomic E-state index is 12.7. The molecule has 6 rings (SSSR count). The zero-order chi connectivity index (χ0) is 25.2. The summed E-state index contributed by atoms with van der Waals surface area (Å²) in [5, 5.41) is 2.97. The van der Waals surface area contributed by atoms with Crippen molar-refractivity contribution < 1.29 is 19.1 Å². The molecule has 2 saturated heterocycles. The Balaban J connectivity index is 1.09. The number of nitrogens with one attached hydrogen (secondary N) is 1. The van der Waals surface area contributed by atoms with Gasteiger partial charge >= 0.3 is 6.03 Å². The minimum absolute atomic E-state index is 0.0972. The van der Waals surface area contributed by atoms with Gasteiger partial charge in [-0.2, -0.15) is 0 Å². The quantitative estimate of drug-likeness (QED) is 0.591. The molecule has 0 radical (unpaired) electrons. The van der Waals surface area contributed by atoms with E-state index in [0.29, 0.717) is 39.4 Å². The highest BCUT2D eigenvalue weighted by molar-refractivity contribution is 5.90. The van der Waals surface area contributed by atoms with Crippen molar-refractivity contribution in [3.63, 3.8) is 0 Å². The van der Waals surface area contributed by atoms with Crippen LogP contribution in [0.25, 0.3) is 11.1 Å². The summed E-state index contributed by atoms with van der Waals surface area (Å²) >= 11 is 0. The van der Waals surface area contributed by atoms with Crippen LogP contribution in [-0.4, -0.2) is 76.7 Å². The van der Waals surface area contributed by atoms with Crippen molar-refractivity contribution in [1.29, 1.82) is 0 Å². The number of urea groups is 1. The number of carbonyl (C=O) groups excluding carboxylic acids is 2. The molecule has 9 nitrogen and oxygen atoms in total. The number of rotatable bonds is 3. The number of amides is 3. The Hall–Kier alpha value is -3.98. The first kappa shape index (κ1) is 23.4. The van der Waals surface area contributed by atoms with Gasteiger partial charge in [0.15, 0.2) is 0 Å². The number of carbonyl (C=O) groups is 2. The van der Waals surface area contributed by atoms with Crippen molar-refractivity contribution in [2.75, 3.05) is 44.7 Å².